The zero-order chi connectivity index (χ0) is 36.0. The Morgan fingerprint density at radius 1 is 0.702 bits per heavy atom. The lowest BCUT2D eigenvalue weighted by Gasteiger charge is -2.07. The lowest BCUT2D eigenvalue weighted by molar-refractivity contribution is -0.0329. The average Bonchev–Trinajstić information content (AvgIpc) is 3.48. The molecule has 0 spiro atoms. The lowest BCUT2D eigenvalue weighted by Crippen LogP contribution is -2.28. The highest BCUT2D eigenvalue weighted by molar-refractivity contribution is 9.12. The Morgan fingerprint density at radius 2 is 1.04 bits per heavy atom. The molecule has 13 nitrogen and oxygen atoms in total. The van der Waals surface area contributed by atoms with E-state index in [1.54, 1.807) is 43.3 Å². The van der Waals surface area contributed by atoms with Crippen molar-refractivity contribution in [1.29, 1.82) is 0 Å². The van der Waals surface area contributed by atoms with Crippen molar-refractivity contribution in [2.45, 2.75) is 6.92 Å². The quantitative estimate of drug-likeness (QED) is 0.0716. The van der Waals surface area contributed by atoms with Gasteiger partial charge < -0.3 is 14.8 Å². The van der Waals surface area contributed by atoms with Crippen molar-refractivity contribution in [3.8, 4) is 70.3 Å². The van der Waals surface area contributed by atoms with Crippen LogP contribution in [0, 0.1) is 91.1 Å². The molecule has 0 aliphatic carbocycles. The Bertz CT molecular complexity index is 1670. The van der Waals surface area contributed by atoms with Crippen LogP contribution in [-0.2, 0) is 9.68 Å². The molecule has 14 heteroatoms. The molecule has 8 N–H and O–H groups in total. The van der Waals surface area contributed by atoms with Crippen LogP contribution in [0.15, 0.2) is 48.5 Å². The van der Waals surface area contributed by atoms with Gasteiger partial charge in [0.05, 0.1) is 22.3 Å². The number of amides is 4. The molecule has 0 unspecified atom stereocenters. The Labute approximate surface area is 281 Å². The van der Waals surface area contributed by atoms with Crippen LogP contribution in [0.1, 0.15) is 48.4 Å². The number of hydrazine groups is 1. The molecule has 2 heterocycles. The van der Waals surface area contributed by atoms with Crippen molar-refractivity contribution in [2.24, 2.45) is 17.6 Å². The van der Waals surface area contributed by atoms with E-state index < -0.39 is 23.6 Å². The van der Waals surface area contributed by atoms with Gasteiger partial charge in [-0.15, -0.1) is 11.0 Å². The van der Waals surface area contributed by atoms with Crippen LogP contribution in [-0.4, -0.2) is 50.7 Å². The highest BCUT2D eigenvalue weighted by Crippen LogP contribution is 2.22. The number of aliphatic hydroxyl groups is 1. The fourth-order valence-electron chi connectivity index (χ4n) is 2.73. The molecular weight excluding hydrogens is 674 g/mol. The molecule has 242 valence electrons. The van der Waals surface area contributed by atoms with Gasteiger partial charge in [0.2, 0.25) is 0 Å². The number of carbonyl (C=O) groups excluding carboxylic acids is 4. The van der Waals surface area contributed by atoms with E-state index in [2.05, 4.69) is 129 Å². The summed E-state index contributed by atoms with van der Waals surface area (Å²) < 4.78 is 0. The Morgan fingerprint density at radius 3 is 1.36 bits per heavy atom. The predicted molar refractivity (Wildman–Crippen MR) is 175 cm³/mol. The first-order valence-corrected chi connectivity index (χ1v) is 13.0. The van der Waals surface area contributed by atoms with Gasteiger partial charge in [-0.3, -0.25) is 53.8 Å². The first-order valence-electron chi connectivity index (χ1n) is 12.2. The second-order valence-electron chi connectivity index (χ2n) is 7.02. The lowest BCUT2D eigenvalue weighted by atomic mass is 10.1. The Kier molecular flexibility index (Phi) is 24.7. The summed E-state index contributed by atoms with van der Waals surface area (Å²) in [6.45, 7) is 11.6. The fraction of sp³-hybridized carbons (Fsp3) is 0.0606. The first kappa shape index (κ1) is 42.7. The predicted octanol–water partition coefficient (Wildman–Crippen LogP) is 1.36. The van der Waals surface area contributed by atoms with Gasteiger partial charge in [-0.05, 0) is 36.0 Å². The van der Waals surface area contributed by atoms with Crippen molar-refractivity contribution in [3.63, 3.8) is 0 Å². The molecule has 2 aromatic rings. The van der Waals surface area contributed by atoms with E-state index in [-0.39, 0.29) is 22.8 Å². The van der Waals surface area contributed by atoms with E-state index in [9.17, 15) is 19.2 Å². The number of nitrogens with zero attached hydrogens (tertiary/aromatic N) is 2. The third kappa shape index (κ3) is 15.2. The largest absolute Gasteiger partial charge is 0.397 e. The van der Waals surface area contributed by atoms with Crippen LogP contribution in [0.4, 0.5) is 0 Å². The van der Waals surface area contributed by atoms with Crippen LogP contribution in [0.3, 0.4) is 0 Å². The molecule has 0 atom stereocenters. The maximum absolute atomic E-state index is 11.7. The molecule has 0 aromatic heterocycles. The number of nitrogens with two attached hydrogens (primary N) is 3. The SMILES string of the molecule is CCO.NN.O=C1c2ccccc2C(=O)N1O.[CH2-]C#CC#CBr.[CH2-]C#CC#CON.[CH2-]C#CC#CON1C(=O)c2ccccc2C1=O. The summed E-state index contributed by atoms with van der Waals surface area (Å²) in [6.07, 6.45) is 4.21. The molecule has 2 aromatic carbocycles. The fourth-order valence-corrected chi connectivity index (χ4v) is 2.83. The van der Waals surface area contributed by atoms with Crippen molar-refractivity contribution in [3.05, 3.63) is 91.6 Å². The summed E-state index contributed by atoms with van der Waals surface area (Å²) in [7, 11) is 0. The third-order valence-electron chi connectivity index (χ3n) is 4.33. The first-order chi connectivity index (χ1) is 22.7. The number of rotatable bonds is 1. The Balaban J connectivity index is 0. The number of benzene rings is 2. The second-order valence-corrected chi connectivity index (χ2v) is 7.42. The van der Waals surface area contributed by atoms with Crippen LogP contribution in [0.5, 0.6) is 0 Å². The number of halogens is 1. The smallest absolute Gasteiger partial charge is 0.296 e. The molecule has 0 saturated heterocycles. The van der Waals surface area contributed by atoms with Crippen LogP contribution >= 0.6 is 15.9 Å². The van der Waals surface area contributed by atoms with Gasteiger partial charge in [0.15, 0.2) is 0 Å². The minimum absolute atomic E-state index is 0.130. The Hall–Kier alpha value is -6.43. The van der Waals surface area contributed by atoms with Crippen molar-refractivity contribution < 1.29 is 39.2 Å². The van der Waals surface area contributed by atoms with Crippen LogP contribution in [0.2, 0.25) is 0 Å². The molecule has 2 aliphatic heterocycles. The maximum Gasteiger partial charge on any atom is 0.296 e. The van der Waals surface area contributed by atoms with Crippen molar-refractivity contribution in [2.75, 3.05) is 6.61 Å². The van der Waals surface area contributed by atoms with Gasteiger partial charge in [-0.25, -0.2) is 17.8 Å². The van der Waals surface area contributed by atoms with Gasteiger partial charge in [0.25, 0.3) is 23.6 Å². The number of hydrogen-bond acceptors (Lipinski definition) is 11. The van der Waals surface area contributed by atoms with Gasteiger partial charge in [0.1, 0.15) is 12.2 Å². The summed E-state index contributed by atoms with van der Waals surface area (Å²) in [5, 5.41) is 17.2. The van der Waals surface area contributed by atoms with Crippen molar-refractivity contribution >= 4 is 39.6 Å². The highest BCUT2D eigenvalue weighted by atomic mass is 79.9. The van der Waals surface area contributed by atoms with E-state index in [1.807, 2.05) is 0 Å². The topological polar surface area (TPSA) is 212 Å². The summed E-state index contributed by atoms with van der Waals surface area (Å²) in [6, 6.07) is 12.8. The number of aliphatic hydroxyl groups excluding tert-OH is 1. The highest BCUT2D eigenvalue weighted by Gasteiger charge is 2.37. The maximum atomic E-state index is 11.7. The number of fused-ring (bicyclic) bond motifs is 2. The third-order valence-corrected chi connectivity index (χ3v) is 4.53. The van der Waals surface area contributed by atoms with Gasteiger partial charge in [-0.1, -0.05) is 41.2 Å². The molecule has 4 rings (SSSR count). The molecule has 0 fully saturated rings. The molecule has 2 aliphatic rings. The van der Waals surface area contributed by atoms with E-state index >= 15 is 0 Å². The zero-order valence-electron chi connectivity index (χ0n) is 24.8. The number of imide groups is 2. The minimum Gasteiger partial charge on any atom is -0.397 e. The number of carbonyl (C=O) groups is 4. The van der Waals surface area contributed by atoms with E-state index in [4.69, 9.17) is 15.2 Å². The summed E-state index contributed by atoms with van der Waals surface area (Å²) in [5.41, 5.74) is 1.13. The monoisotopic (exact) mass is 700 g/mol. The molecular formula is C33H27BrN5O8-3. The average molecular weight is 702 g/mol. The molecule has 0 radical (unpaired) electrons. The zero-order valence-corrected chi connectivity index (χ0v) is 26.4. The van der Waals surface area contributed by atoms with Crippen LogP contribution in [0.25, 0.3) is 0 Å². The molecule has 0 saturated carbocycles. The number of hydrogen-bond donors (Lipinski definition) is 5. The van der Waals surface area contributed by atoms with Crippen molar-refractivity contribution in [1.82, 2.24) is 10.1 Å². The standard InChI is InChI=1S/C13H6NO3.C8H5NO3.C5H2Br.C5H4NO.C2H6O.H4N2/c1-2-3-6-9-17-14-12(15)10-7-4-5-8-11(10)13(14)16;10-7-5-3-1-2-4-6(5)8(11)9(7)12;1-2-3-4-5-6;1-2-3-4-5-7-6;1-2-3;1-2/h4-5,7-8H,1H2;1-4,12H;1H2;1,6H2;3H,2H2,1H3;1-2H2/q-1;;2*-1;;. The minimum atomic E-state index is -0.657. The van der Waals surface area contributed by atoms with Gasteiger partial charge in [-0.2, -0.15) is 26.7 Å². The van der Waals surface area contributed by atoms with Crippen LogP contribution < -0.4 is 17.6 Å². The summed E-state index contributed by atoms with van der Waals surface area (Å²) in [4.78, 5) is 56.6. The number of hydroxylamine groups is 4. The summed E-state index contributed by atoms with van der Waals surface area (Å²) >= 11 is 2.86. The normalized spacial score (nSPS) is 9.85. The molecule has 0 bridgehead atoms. The van der Waals surface area contributed by atoms with E-state index in [0.29, 0.717) is 16.2 Å². The summed E-state index contributed by atoms with van der Waals surface area (Å²) in [5.74, 6) is 31.2. The van der Waals surface area contributed by atoms with E-state index in [1.165, 1.54) is 12.1 Å². The van der Waals surface area contributed by atoms with Gasteiger partial charge >= 0.3 is 0 Å². The molecule has 4 amide bonds. The molecule has 47 heavy (non-hydrogen) atoms. The van der Waals surface area contributed by atoms with Gasteiger partial charge in [0, 0.05) is 22.5 Å². The second kappa shape index (κ2) is 27.1. The van der Waals surface area contributed by atoms with E-state index in [0.717, 1.165) is 0 Å².